The lowest BCUT2D eigenvalue weighted by molar-refractivity contribution is 0.0341. The number of methoxy groups -OCH3 is 1. The number of halogens is 1. The highest BCUT2D eigenvalue weighted by molar-refractivity contribution is 6.62. The van der Waals surface area contributed by atoms with E-state index in [-0.39, 0.29) is 5.41 Å². The quantitative estimate of drug-likeness (QED) is 0.757. The Kier molecular flexibility index (Phi) is 3.66. The largest absolute Gasteiger partial charge is 0.497 e. The average Bonchev–Trinajstić information content (AvgIpc) is 2.29. The Labute approximate surface area is 107 Å². The Morgan fingerprint density at radius 2 is 1.94 bits per heavy atom. The van der Waals surface area contributed by atoms with Gasteiger partial charge in [-0.1, -0.05) is 25.4 Å². The zero-order chi connectivity index (χ0) is 12.5. The molecule has 1 aliphatic heterocycles. The van der Waals surface area contributed by atoms with Crippen LogP contribution in [0.3, 0.4) is 0 Å². The molecule has 1 saturated heterocycles. The van der Waals surface area contributed by atoms with Gasteiger partial charge >= 0.3 is 7.12 Å². The van der Waals surface area contributed by atoms with Gasteiger partial charge < -0.3 is 14.0 Å². The summed E-state index contributed by atoms with van der Waals surface area (Å²) in [5.41, 5.74) is 0.901. The molecule has 1 aromatic rings. The van der Waals surface area contributed by atoms with E-state index in [1.54, 1.807) is 13.2 Å². The fourth-order valence-electron chi connectivity index (χ4n) is 1.76. The van der Waals surface area contributed by atoms with Crippen LogP contribution in [0.25, 0.3) is 0 Å². The second-order valence-corrected chi connectivity index (χ2v) is 5.44. The fourth-order valence-corrected chi connectivity index (χ4v) is 1.94. The van der Waals surface area contributed by atoms with Crippen LogP contribution in [-0.4, -0.2) is 27.4 Å². The van der Waals surface area contributed by atoms with Gasteiger partial charge in [-0.15, -0.1) is 0 Å². The maximum atomic E-state index is 5.98. The number of rotatable bonds is 2. The van der Waals surface area contributed by atoms with Crippen LogP contribution < -0.4 is 10.2 Å². The molecule has 0 amide bonds. The van der Waals surface area contributed by atoms with E-state index in [1.165, 1.54) is 0 Å². The first-order valence-electron chi connectivity index (χ1n) is 5.58. The van der Waals surface area contributed by atoms with E-state index in [4.69, 9.17) is 25.6 Å². The molecule has 0 unspecified atom stereocenters. The Hall–Kier alpha value is -0.705. The molecule has 92 valence electrons. The predicted molar refractivity (Wildman–Crippen MR) is 69.1 cm³/mol. The van der Waals surface area contributed by atoms with Gasteiger partial charge in [-0.25, -0.2) is 0 Å². The van der Waals surface area contributed by atoms with Gasteiger partial charge in [0.15, 0.2) is 0 Å². The Bertz CT molecular complexity index is 399. The molecule has 0 N–H and O–H groups in total. The maximum Gasteiger partial charge on any atom is 0.497 e. The normalized spacial score (nSPS) is 19.2. The van der Waals surface area contributed by atoms with Gasteiger partial charge in [0.25, 0.3) is 0 Å². The Morgan fingerprint density at radius 1 is 1.29 bits per heavy atom. The van der Waals surface area contributed by atoms with Crippen molar-refractivity contribution in [3.8, 4) is 5.75 Å². The zero-order valence-corrected chi connectivity index (χ0v) is 11.1. The van der Waals surface area contributed by atoms with Crippen molar-refractivity contribution in [1.82, 2.24) is 0 Å². The van der Waals surface area contributed by atoms with Gasteiger partial charge in [0.05, 0.1) is 7.11 Å². The van der Waals surface area contributed by atoms with Crippen molar-refractivity contribution in [2.45, 2.75) is 13.8 Å². The summed E-state index contributed by atoms with van der Waals surface area (Å²) in [6, 6.07) is 5.43. The summed E-state index contributed by atoms with van der Waals surface area (Å²) in [4.78, 5) is 0. The third kappa shape index (κ3) is 2.95. The van der Waals surface area contributed by atoms with Crippen LogP contribution in [-0.2, 0) is 9.31 Å². The summed E-state index contributed by atoms with van der Waals surface area (Å²) in [6.45, 7) is 5.54. The van der Waals surface area contributed by atoms with E-state index < -0.39 is 7.12 Å². The highest BCUT2D eigenvalue weighted by Crippen LogP contribution is 2.23. The topological polar surface area (TPSA) is 27.7 Å². The minimum atomic E-state index is -0.392. The molecule has 1 aromatic carbocycles. The molecule has 3 nitrogen and oxygen atoms in total. The third-order valence-corrected chi connectivity index (χ3v) is 2.93. The number of benzene rings is 1. The smallest absolute Gasteiger partial charge is 0.497 e. The van der Waals surface area contributed by atoms with Crippen LogP contribution in [0.4, 0.5) is 0 Å². The van der Waals surface area contributed by atoms with Crippen LogP contribution in [0, 0.1) is 5.41 Å². The predicted octanol–water partition coefficient (Wildman–Crippen LogP) is 2.12. The lowest BCUT2D eigenvalue weighted by atomic mass is 9.75. The van der Waals surface area contributed by atoms with E-state index in [0.29, 0.717) is 18.2 Å². The summed E-state index contributed by atoms with van der Waals surface area (Å²) in [7, 11) is 1.23. The summed E-state index contributed by atoms with van der Waals surface area (Å²) in [5.74, 6) is 0.735. The summed E-state index contributed by atoms with van der Waals surface area (Å²) >= 11 is 5.98. The van der Waals surface area contributed by atoms with Crippen molar-refractivity contribution in [3.63, 3.8) is 0 Å². The van der Waals surface area contributed by atoms with Crippen molar-refractivity contribution >= 4 is 24.2 Å². The SMILES string of the molecule is COc1ccc(Cl)cc1B1OCC(C)(C)CO1. The molecule has 1 aliphatic rings. The molecule has 0 aliphatic carbocycles. The second-order valence-electron chi connectivity index (χ2n) is 5.00. The molecule has 0 radical (unpaired) electrons. The molecule has 1 fully saturated rings. The van der Waals surface area contributed by atoms with Crippen molar-refractivity contribution in [1.29, 1.82) is 0 Å². The van der Waals surface area contributed by atoms with Crippen molar-refractivity contribution in [2.75, 3.05) is 20.3 Å². The molecule has 0 saturated carbocycles. The molecule has 0 atom stereocenters. The van der Waals surface area contributed by atoms with Crippen LogP contribution in [0.5, 0.6) is 5.75 Å². The van der Waals surface area contributed by atoms with E-state index >= 15 is 0 Å². The van der Waals surface area contributed by atoms with Crippen molar-refractivity contribution < 1.29 is 14.0 Å². The lowest BCUT2D eigenvalue weighted by Crippen LogP contribution is -2.47. The van der Waals surface area contributed by atoms with Gasteiger partial charge in [0, 0.05) is 29.1 Å². The molecule has 0 spiro atoms. The Balaban J connectivity index is 2.20. The summed E-state index contributed by atoms with van der Waals surface area (Å²) in [5, 5.41) is 0.651. The van der Waals surface area contributed by atoms with Crippen molar-refractivity contribution in [3.05, 3.63) is 23.2 Å². The molecule has 5 heteroatoms. The monoisotopic (exact) mass is 254 g/mol. The summed E-state index contributed by atoms with van der Waals surface area (Å²) in [6.07, 6.45) is 0. The zero-order valence-electron chi connectivity index (χ0n) is 10.3. The first-order valence-corrected chi connectivity index (χ1v) is 5.96. The second kappa shape index (κ2) is 4.88. The first kappa shape index (κ1) is 12.7. The maximum absolute atomic E-state index is 5.98. The van der Waals surface area contributed by atoms with Gasteiger partial charge in [-0.3, -0.25) is 0 Å². The lowest BCUT2D eigenvalue weighted by Gasteiger charge is -2.33. The molecule has 0 aromatic heterocycles. The molecule has 1 heterocycles. The van der Waals surface area contributed by atoms with Gasteiger partial charge in [0.2, 0.25) is 0 Å². The van der Waals surface area contributed by atoms with E-state index in [2.05, 4.69) is 13.8 Å². The van der Waals surface area contributed by atoms with Crippen LogP contribution in [0.2, 0.25) is 5.02 Å². The van der Waals surface area contributed by atoms with Crippen LogP contribution in [0.15, 0.2) is 18.2 Å². The minimum Gasteiger partial charge on any atom is -0.497 e. The number of hydrogen-bond acceptors (Lipinski definition) is 3. The third-order valence-electron chi connectivity index (χ3n) is 2.70. The highest BCUT2D eigenvalue weighted by Gasteiger charge is 2.35. The van der Waals surface area contributed by atoms with E-state index in [9.17, 15) is 0 Å². The number of ether oxygens (including phenoxy) is 1. The summed E-state index contributed by atoms with van der Waals surface area (Å²) < 4.78 is 16.7. The average molecular weight is 255 g/mol. The molecular weight excluding hydrogens is 238 g/mol. The standard InChI is InChI=1S/C12H16BClO3/c1-12(2)7-16-13(17-8-12)10-6-9(14)4-5-11(10)15-3/h4-6H,7-8H2,1-3H3. The highest BCUT2D eigenvalue weighted by atomic mass is 35.5. The molecule has 0 bridgehead atoms. The van der Waals surface area contributed by atoms with Gasteiger partial charge in [0.1, 0.15) is 5.75 Å². The van der Waals surface area contributed by atoms with Gasteiger partial charge in [-0.05, 0) is 18.2 Å². The first-order chi connectivity index (χ1) is 8.02. The van der Waals surface area contributed by atoms with Crippen LogP contribution >= 0.6 is 11.6 Å². The Morgan fingerprint density at radius 3 is 2.53 bits per heavy atom. The number of hydrogen-bond donors (Lipinski definition) is 0. The molecular formula is C12H16BClO3. The van der Waals surface area contributed by atoms with Gasteiger partial charge in [-0.2, -0.15) is 0 Å². The minimum absolute atomic E-state index is 0.0578. The van der Waals surface area contributed by atoms with Crippen molar-refractivity contribution in [2.24, 2.45) is 5.41 Å². The van der Waals surface area contributed by atoms with E-state index in [0.717, 1.165) is 11.2 Å². The van der Waals surface area contributed by atoms with Crippen LogP contribution in [0.1, 0.15) is 13.8 Å². The van der Waals surface area contributed by atoms with E-state index in [1.807, 2.05) is 12.1 Å². The fraction of sp³-hybridized carbons (Fsp3) is 0.500. The molecule has 17 heavy (non-hydrogen) atoms. The molecule has 2 rings (SSSR count).